The Morgan fingerprint density at radius 2 is 1.61 bits per heavy atom. The maximum absolute atomic E-state index is 13.2. The van der Waals surface area contributed by atoms with Crippen LogP contribution in [0.2, 0.25) is 0 Å². The number of hydrogen-bond acceptors (Lipinski definition) is 10. The predicted molar refractivity (Wildman–Crippen MR) is 204 cm³/mol. The average Bonchev–Trinajstić information content (AvgIpc) is 3.46. The summed E-state index contributed by atoms with van der Waals surface area (Å²) >= 11 is 0. The lowest BCUT2D eigenvalue weighted by molar-refractivity contribution is -0.136. The van der Waals surface area contributed by atoms with Crippen LogP contribution in [0, 0.1) is 0 Å². The lowest BCUT2D eigenvalue weighted by Crippen LogP contribution is -2.54. The molecule has 4 aromatic carbocycles. The highest BCUT2D eigenvalue weighted by atomic mass is 16.5. The molecule has 282 valence electrons. The van der Waals surface area contributed by atoms with E-state index in [1.807, 2.05) is 60.7 Å². The van der Waals surface area contributed by atoms with Crippen LogP contribution in [0.5, 0.6) is 5.75 Å². The zero-order valence-electron chi connectivity index (χ0n) is 29.8. The maximum Gasteiger partial charge on any atom is 0.266 e. The number of para-hydroxylation sites is 1. The number of hydrogen-bond donors (Lipinski definition) is 5. The van der Waals surface area contributed by atoms with E-state index in [-0.39, 0.29) is 54.3 Å². The lowest BCUT2D eigenvalue weighted by Gasteiger charge is -2.27. The van der Waals surface area contributed by atoms with Crippen LogP contribution in [0.15, 0.2) is 97.2 Å². The van der Waals surface area contributed by atoms with E-state index in [9.17, 15) is 33.6 Å². The highest BCUT2D eigenvalue weighted by Gasteiger charge is 2.46. The molecule has 15 heteroatoms. The number of amides is 7. The van der Waals surface area contributed by atoms with Crippen LogP contribution in [-0.2, 0) is 14.4 Å². The second-order valence-electron chi connectivity index (χ2n) is 13.1. The number of imide groups is 2. The zero-order chi connectivity index (χ0) is 39.3. The number of nitrogens with two attached hydrogens (primary N) is 1. The molecule has 6 N–H and O–H groups in total. The Kier molecular flexibility index (Phi) is 10.5. The van der Waals surface area contributed by atoms with Gasteiger partial charge in [-0.3, -0.25) is 48.8 Å². The first-order valence-electron chi connectivity index (χ1n) is 17.8. The minimum absolute atomic E-state index is 0.00603. The van der Waals surface area contributed by atoms with Crippen LogP contribution < -0.4 is 31.7 Å². The van der Waals surface area contributed by atoms with Gasteiger partial charge in [0.05, 0.1) is 27.9 Å². The summed E-state index contributed by atoms with van der Waals surface area (Å²) in [5.74, 6) is -3.99. The van der Waals surface area contributed by atoms with Crippen molar-refractivity contribution in [3.05, 3.63) is 119 Å². The fraction of sp³-hybridized carbons (Fsp3) is 0.171. The minimum atomic E-state index is -1.12. The first-order valence-corrected chi connectivity index (χ1v) is 17.8. The van der Waals surface area contributed by atoms with Crippen molar-refractivity contribution in [2.45, 2.75) is 25.3 Å². The number of fused-ring (bicyclic) bond motifs is 2. The third kappa shape index (κ3) is 7.64. The smallest absolute Gasteiger partial charge is 0.266 e. The number of carbonyl (C=O) groups is 7. The highest BCUT2D eigenvalue weighted by molar-refractivity contribution is 6.24. The molecule has 0 bridgehead atoms. The van der Waals surface area contributed by atoms with Crippen molar-refractivity contribution in [3.8, 4) is 16.9 Å². The van der Waals surface area contributed by atoms with Crippen molar-refractivity contribution in [2.75, 3.05) is 25.0 Å². The van der Waals surface area contributed by atoms with Crippen molar-refractivity contribution >= 4 is 63.6 Å². The SMILES string of the molecule is NC(=O)c1cnc2ccc(-c3ccc(C(=O)NCCCNC(=O)COc4cccc5c4C(=O)N(C4CCC(=O)NC4=O)C5=O)cc3)cc2c1Nc1ccccc1. The molecular weight excluding hydrogens is 718 g/mol. The number of anilines is 2. The summed E-state index contributed by atoms with van der Waals surface area (Å²) in [7, 11) is 0. The van der Waals surface area contributed by atoms with Gasteiger partial charge >= 0.3 is 0 Å². The van der Waals surface area contributed by atoms with Gasteiger partial charge in [-0.05, 0) is 72.5 Å². The van der Waals surface area contributed by atoms with Crippen molar-refractivity contribution in [2.24, 2.45) is 5.73 Å². The Morgan fingerprint density at radius 1 is 0.857 bits per heavy atom. The van der Waals surface area contributed by atoms with Crippen LogP contribution in [0.4, 0.5) is 11.4 Å². The van der Waals surface area contributed by atoms with E-state index in [0.717, 1.165) is 21.7 Å². The van der Waals surface area contributed by atoms with Crippen molar-refractivity contribution < 1.29 is 38.3 Å². The first kappa shape index (κ1) is 36.9. The number of ether oxygens (including phenoxy) is 1. The second-order valence-corrected chi connectivity index (χ2v) is 13.1. The number of aromatic nitrogens is 1. The van der Waals surface area contributed by atoms with E-state index in [1.54, 1.807) is 12.1 Å². The topological polar surface area (TPSA) is 219 Å². The van der Waals surface area contributed by atoms with Crippen LogP contribution in [0.1, 0.15) is 60.7 Å². The molecule has 0 radical (unpaired) electrons. The monoisotopic (exact) mass is 753 g/mol. The molecule has 5 aromatic rings. The fourth-order valence-corrected chi connectivity index (χ4v) is 6.59. The fourth-order valence-electron chi connectivity index (χ4n) is 6.59. The molecular formula is C41H35N7O8. The summed E-state index contributed by atoms with van der Waals surface area (Å²) in [5.41, 5.74) is 10.1. The third-order valence-corrected chi connectivity index (χ3v) is 9.41. The van der Waals surface area contributed by atoms with E-state index in [0.29, 0.717) is 28.6 Å². The quantitative estimate of drug-likeness (QED) is 0.0871. The van der Waals surface area contributed by atoms with E-state index in [4.69, 9.17) is 10.5 Å². The number of piperidine rings is 1. The van der Waals surface area contributed by atoms with Crippen molar-refractivity contribution in [3.63, 3.8) is 0 Å². The first-order chi connectivity index (χ1) is 27.1. The largest absolute Gasteiger partial charge is 0.483 e. The van der Waals surface area contributed by atoms with E-state index >= 15 is 0 Å². The summed E-state index contributed by atoms with van der Waals surface area (Å²) in [6, 6.07) is 25.4. The summed E-state index contributed by atoms with van der Waals surface area (Å²) in [6.45, 7) is 0.0577. The number of nitrogens with zero attached hydrogens (tertiary/aromatic N) is 2. The Morgan fingerprint density at radius 3 is 2.36 bits per heavy atom. The molecule has 0 saturated carbocycles. The number of nitrogens with one attached hydrogen (secondary N) is 4. The van der Waals surface area contributed by atoms with Crippen LogP contribution in [0.25, 0.3) is 22.0 Å². The molecule has 7 rings (SSSR count). The predicted octanol–water partition coefficient (Wildman–Crippen LogP) is 3.46. The molecule has 0 aliphatic carbocycles. The van der Waals surface area contributed by atoms with Crippen LogP contribution in [-0.4, -0.2) is 77.0 Å². The average molecular weight is 754 g/mol. The van der Waals surface area contributed by atoms with Gasteiger partial charge in [-0.1, -0.05) is 42.5 Å². The number of benzene rings is 4. The molecule has 1 unspecified atom stereocenters. The molecule has 1 aromatic heterocycles. The Labute approximate surface area is 319 Å². The van der Waals surface area contributed by atoms with Gasteiger partial charge in [0.2, 0.25) is 11.8 Å². The van der Waals surface area contributed by atoms with Gasteiger partial charge in [-0.25, -0.2) is 0 Å². The standard InChI is InChI=1S/C41H35N7O8/c42-37(51)29-21-45-30-15-14-25(20-28(30)36(29)46-26-6-2-1-3-7-26)23-10-12-24(13-11-23)38(52)44-19-5-18-43-34(50)22-56-32-9-4-8-27-35(32)41(55)48(40(27)54)31-16-17-33(49)47-39(31)53/h1-4,6-15,20-21,31H,5,16-19,22H2,(H2,42,51)(H,43,50)(H,44,52)(H,45,46)(H,47,49,53). The van der Waals surface area contributed by atoms with E-state index in [2.05, 4.69) is 26.3 Å². The van der Waals surface area contributed by atoms with Gasteiger partial charge in [-0.15, -0.1) is 0 Å². The van der Waals surface area contributed by atoms with Gasteiger partial charge in [0.15, 0.2) is 6.61 Å². The van der Waals surface area contributed by atoms with Gasteiger partial charge in [-0.2, -0.15) is 0 Å². The molecule has 3 heterocycles. The number of pyridine rings is 1. The van der Waals surface area contributed by atoms with Gasteiger partial charge in [0, 0.05) is 42.3 Å². The summed E-state index contributed by atoms with van der Waals surface area (Å²) in [5, 5.41) is 11.7. The summed E-state index contributed by atoms with van der Waals surface area (Å²) in [6.07, 6.45) is 1.89. The highest BCUT2D eigenvalue weighted by Crippen LogP contribution is 2.34. The maximum atomic E-state index is 13.2. The van der Waals surface area contributed by atoms with Gasteiger partial charge < -0.3 is 26.4 Å². The molecule has 1 fully saturated rings. The van der Waals surface area contributed by atoms with Crippen molar-refractivity contribution in [1.29, 1.82) is 0 Å². The molecule has 1 atom stereocenters. The Hall–Kier alpha value is -7.42. The lowest BCUT2D eigenvalue weighted by atomic mass is 9.99. The number of primary amides is 1. The number of rotatable bonds is 13. The minimum Gasteiger partial charge on any atom is -0.483 e. The molecule has 56 heavy (non-hydrogen) atoms. The van der Waals surface area contributed by atoms with E-state index < -0.39 is 48.1 Å². The molecule has 15 nitrogen and oxygen atoms in total. The second kappa shape index (κ2) is 15.9. The Balaban J connectivity index is 0.898. The van der Waals surface area contributed by atoms with Crippen LogP contribution >= 0.6 is 0 Å². The van der Waals surface area contributed by atoms with Gasteiger partial charge in [0.1, 0.15) is 11.8 Å². The van der Waals surface area contributed by atoms with E-state index in [1.165, 1.54) is 24.4 Å². The van der Waals surface area contributed by atoms with Crippen LogP contribution in [0.3, 0.4) is 0 Å². The summed E-state index contributed by atoms with van der Waals surface area (Å²) < 4.78 is 5.61. The summed E-state index contributed by atoms with van der Waals surface area (Å²) in [4.78, 5) is 93.1. The normalized spacial score (nSPS) is 14.9. The molecule has 2 aliphatic heterocycles. The molecule has 0 spiro atoms. The Bertz CT molecular complexity index is 2420. The molecule has 7 amide bonds. The molecule has 2 aliphatic rings. The van der Waals surface area contributed by atoms with Gasteiger partial charge in [0.25, 0.3) is 29.5 Å². The molecule has 1 saturated heterocycles. The zero-order valence-corrected chi connectivity index (χ0v) is 29.8. The number of carbonyl (C=O) groups excluding carboxylic acids is 7. The van der Waals surface area contributed by atoms with Crippen molar-refractivity contribution in [1.82, 2.24) is 25.8 Å². The third-order valence-electron chi connectivity index (χ3n) is 9.41.